The standard InChI is InChI=1S/C24H27N7O3/c1-15(32)27-22-11-16(6-7-26-22)24-31(21(14-34-24)23(25)33)20-10-17-13-29(2)28-18(17)12-19(20)30-8-4-3-5-9-30/h6-7,10-14,24H,3-5,8-9H2,1-2H3,(H2,25,33)(H,26,27,32). The zero-order chi connectivity index (χ0) is 23.8. The predicted molar refractivity (Wildman–Crippen MR) is 129 cm³/mol. The molecule has 0 aliphatic carbocycles. The Hall–Kier alpha value is -4.08. The maximum atomic E-state index is 12.5. The van der Waals surface area contributed by atoms with Crippen molar-refractivity contribution in [2.24, 2.45) is 12.8 Å². The lowest BCUT2D eigenvalue weighted by atomic mass is 10.1. The molecule has 0 radical (unpaired) electrons. The maximum absolute atomic E-state index is 12.5. The smallest absolute Gasteiger partial charge is 0.268 e. The highest BCUT2D eigenvalue weighted by molar-refractivity contribution is 6.00. The lowest BCUT2D eigenvalue weighted by Crippen LogP contribution is -2.35. The van der Waals surface area contributed by atoms with Crippen molar-refractivity contribution in [3.8, 4) is 0 Å². The van der Waals surface area contributed by atoms with Crippen LogP contribution in [-0.2, 0) is 21.4 Å². The molecule has 1 saturated heterocycles. The van der Waals surface area contributed by atoms with Crippen LogP contribution in [-0.4, -0.2) is 39.7 Å². The van der Waals surface area contributed by atoms with Crippen molar-refractivity contribution in [1.29, 1.82) is 0 Å². The summed E-state index contributed by atoms with van der Waals surface area (Å²) in [4.78, 5) is 32.4. The summed E-state index contributed by atoms with van der Waals surface area (Å²) in [5.74, 6) is -0.409. The lowest BCUT2D eigenvalue weighted by Gasteiger charge is -2.35. The van der Waals surface area contributed by atoms with Crippen molar-refractivity contribution in [2.45, 2.75) is 32.4 Å². The number of benzene rings is 1. The van der Waals surface area contributed by atoms with Crippen LogP contribution in [0.2, 0.25) is 0 Å². The van der Waals surface area contributed by atoms with E-state index in [1.807, 2.05) is 24.2 Å². The first-order chi connectivity index (χ1) is 16.4. The molecule has 3 N–H and O–H groups in total. The average molecular weight is 462 g/mol. The van der Waals surface area contributed by atoms with Crippen LogP contribution in [0.1, 0.15) is 38.0 Å². The summed E-state index contributed by atoms with van der Waals surface area (Å²) in [7, 11) is 1.89. The average Bonchev–Trinajstić information content (AvgIpc) is 3.41. The summed E-state index contributed by atoms with van der Waals surface area (Å²) in [6, 6.07) is 7.63. The van der Waals surface area contributed by atoms with E-state index >= 15 is 0 Å². The van der Waals surface area contributed by atoms with Crippen LogP contribution < -0.4 is 20.9 Å². The van der Waals surface area contributed by atoms with Gasteiger partial charge in [-0.2, -0.15) is 5.10 Å². The molecule has 1 aromatic carbocycles. The molecular weight excluding hydrogens is 434 g/mol. The quantitative estimate of drug-likeness (QED) is 0.600. The van der Waals surface area contributed by atoms with E-state index in [9.17, 15) is 9.59 Å². The molecule has 2 aliphatic rings. The fourth-order valence-electron chi connectivity index (χ4n) is 4.64. The van der Waals surface area contributed by atoms with Gasteiger partial charge in [0, 0.05) is 50.4 Å². The Kier molecular flexibility index (Phi) is 5.56. The molecule has 2 aromatic heterocycles. The van der Waals surface area contributed by atoms with Gasteiger partial charge in [0.1, 0.15) is 17.8 Å². The summed E-state index contributed by atoms with van der Waals surface area (Å²) in [5, 5.41) is 8.23. The van der Waals surface area contributed by atoms with Gasteiger partial charge in [0.05, 0.1) is 16.9 Å². The molecule has 4 heterocycles. The Morgan fingerprint density at radius 1 is 1.15 bits per heavy atom. The Labute approximate surface area is 197 Å². The van der Waals surface area contributed by atoms with Crippen LogP contribution in [0.4, 0.5) is 17.2 Å². The summed E-state index contributed by atoms with van der Waals surface area (Å²) < 4.78 is 7.76. The summed E-state index contributed by atoms with van der Waals surface area (Å²) in [6.45, 7) is 3.26. The van der Waals surface area contributed by atoms with E-state index < -0.39 is 12.1 Å². The number of rotatable bonds is 5. The van der Waals surface area contributed by atoms with Gasteiger partial charge >= 0.3 is 0 Å². The van der Waals surface area contributed by atoms with E-state index in [1.54, 1.807) is 23.0 Å². The third-order valence-corrected chi connectivity index (χ3v) is 6.10. The van der Waals surface area contributed by atoms with Gasteiger partial charge in [-0.3, -0.25) is 19.2 Å². The number of ether oxygens (including phenoxy) is 1. The SMILES string of the molecule is CC(=O)Nc1cc(C2OC=C(C(N)=O)N2c2cc3cn(C)nc3cc2N2CCCCC2)ccn1. The first-order valence-electron chi connectivity index (χ1n) is 11.3. The number of aromatic nitrogens is 3. The number of hydrogen-bond donors (Lipinski definition) is 2. The number of aryl methyl sites for hydroxylation is 1. The van der Waals surface area contributed by atoms with Crippen molar-refractivity contribution in [3.05, 3.63) is 54.2 Å². The van der Waals surface area contributed by atoms with Gasteiger partial charge in [-0.15, -0.1) is 0 Å². The van der Waals surface area contributed by atoms with Gasteiger partial charge in [-0.05, 0) is 43.5 Å². The fourth-order valence-corrected chi connectivity index (χ4v) is 4.64. The van der Waals surface area contributed by atoms with Crippen LogP contribution in [0.3, 0.4) is 0 Å². The van der Waals surface area contributed by atoms with Crippen LogP contribution in [0, 0.1) is 0 Å². The minimum atomic E-state index is -0.657. The Morgan fingerprint density at radius 3 is 2.68 bits per heavy atom. The zero-order valence-electron chi connectivity index (χ0n) is 19.2. The zero-order valence-corrected chi connectivity index (χ0v) is 19.2. The topological polar surface area (TPSA) is 119 Å². The second-order valence-corrected chi connectivity index (χ2v) is 8.63. The molecule has 0 spiro atoms. The summed E-state index contributed by atoms with van der Waals surface area (Å²) >= 11 is 0. The molecule has 10 nitrogen and oxygen atoms in total. The number of nitrogens with zero attached hydrogens (tertiary/aromatic N) is 5. The van der Waals surface area contributed by atoms with Crippen molar-refractivity contribution in [1.82, 2.24) is 14.8 Å². The number of fused-ring (bicyclic) bond motifs is 1. The highest BCUT2D eigenvalue weighted by Crippen LogP contribution is 2.44. The summed E-state index contributed by atoms with van der Waals surface area (Å²) in [6.07, 6.45) is 7.68. The molecule has 10 heteroatoms. The largest absolute Gasteiger partial charge is 0.471 e. The number of carbonyl (C=O) groups is 2. The molecule has 5 rings (SSSR count). The van der Waals surface area contributed by atoms with E-state index in [4.69, 9.17) is 10.5 Å². The van der Waals surface area contributed by atoms with Crippen LogP contribution in [0.5, 0.6) is 0 Å². The Morgan fingerprint density at radius 2 is 1.94 bits per heavy atom. The number of primary amides is 1. The van der Waals surface area contributed by atoms with E-state index in [1.165, 1.54) is 19.6 Å². The maximum Gasteiger partial charge on any atom is 0.268 e. The van der Waals surface area contributed by atoms with Crippen LogP contribution in [0.15, 0.2) is 48.6 Å². The normalized spacial score (nSPS) is 18.1. The second-order valence-electron chi connectivity index (χ2n) is 8.63. The highest BCUT2D eigenvalue weighted by Gasteiger charge is 2.36. The number of nitrogens with two attached hydrogens (primary N) is 1. The van der Waals surface area contributed by atoms with Crippen LogP contribution in [0.25, 0.3) is 10.9 Å². The first-order valence-corrected chi connectivity index (χ1v) is 11.3. The van der Waals surface area contributed by atoms with Gasteiger partial charge in [-0.25, -0.2) is 4.98 Å². The molecule has 176 valence electrons. The number of amides is 2. The van der Waals surface area contributed by atoms with Gasteiger partial charge < -0.3 is 20.7 Å². The molecule has 2 amide bonds. The van der Waals surface area contributed by atoms with E-state index in [0.717, 1.165) is 53.8 Å². The van der Waals surface area contributed by atoms with Crippen LogP contribution >= 0.6 is 0 Å². The van der Waals surface area contributed by atoms with Gasteiger partial charge in [-0.1, -0.05) is 0 Å². The highest BCUT2D eigenvalue weighted by atomic mass is 16.5. The van der Waals surface area contributed by atoms with Gasteiger partial charge in [0.25, 0.3) is 5.91 Å². The van der Waals surface area contributed by atoms with Gasteiger partial charge in [0.2, 0.25) is 12.1 Å². The van der Waals surface area contributed by atoms with E-state index in [2.05, 4.69) is 26.4 Å². The first kappa shape index (κ1) is 21.7. The number of nitrogens with one attached hydrogen (secondary N) is 1. The molecule has 1 unspecified atom stereocenters. The minimum Gasteiger partial charge on any atom is -0.471 e. The molecule has 0 bridgehead atoms. The van der Waals surface area contributed by atoms with Gasteiger partial charge in [0.15, 0.2) is 0 Å². The predicted octanol–water partition coefficient (Wildman–Crippen LogP) is 2.78. The molecular formula is C24H27N7O3. The number of piperidine rings is 1. The second kappa shape index (κ2) is 8.69. The number of pyridine rings is 1. The number of hydrogen-bond acceptors (Lipinski definition) is 7. The fraction of sp³-hybridized carbons (Fsp3) is 0.333. The van der Waals surface area contributed by atoms with E-state index in [0.29, 0.717) is 5.82 Å². The Bertz CT molecular complexity index is 1290. The molecule has 1 fully saturated rings. The molecule has 34 heavy (non-hydrogen) atoms. The lowest BCUT2D eigenvalue weighted by molar-refractivity contribution is -0.115. The molecule has 3 aromatic rings. The number of carbonyl (C=O) groups excluding carboxylic acids is 2. The monoisotopic (exact) mass is 461 g/mol. The molecule has 2 aliphatic heterocycles. The Balaban J connectivity index is 1.65. The molecule has 1 atom stereocenters. The van der Waals surface area contributed by atoms with E-state index in [-0.39, 0.29) is 11.6 Å². The van der Waals surface area contributed by atoms with Crippen molar-refractivity contribution >= 4 is 39.9 Å². The third kappa shape index (κ3) is 4.02. The summed E-state index contributed by atoms with van der Waals surface area (Å²) in [5.41, 5.74) is 9.43. The third-order valence-electron chi connectivity index (χ3n) is 6.10. The van der Waals surface area contributed by atoms with Crippen molar-refractivity contribution in [3.63, 3.8) is 0 Å². The van der Waals surface area contributed by atoms with Crippen molar-refractivity contribution in [2.75, 3.05) is 28.2 Å². The minimum absolute atomic E-state index is 0.223. The molecule has 0 saturated carbocycles. The number of anilines is 3. The van der Waals surface area contributed by atoms with Crippen molar-refractivity contribution < 1.29 is 14.3 Å².